The molecule has 0 bridgehead atoms. The van der Waals surface area contributed by atoms with Crippen LogP contribution in [0, 0.1) is 27.7 Å². The Bertz CT molecular complexity index is 1330. The third kappa shape index (κ3) is 3.99. The summed E-state index contributed by atoms with van der Waals surface area (Å²) in [7, 11) is 0. The molecule has 0 spiro atoms. The second-order valence-electron chi connectivity index (χ2n) is 9.07. The second-order valence-corrected chi connectivity index (χ2v) is 9.45. The second kappa shape index (κ2) is 9.03. The van der Waals surface area contributed by atoms with Gasteiger partial charge in [-0.2, -0.15) is 0 Å². The molecular formula is C28H29N5S. The van der Waals surface area contributed by atoms with E-state index in [-0.39, 0.29) is 12.1 Å². The number of rotatable bonds is 5. The number of hydrogen-bond acceptors (Lipinski definition) is 3. The van der Waals surface area contributed by atoms with E-state index in [9.17, 15) is 0 Å². The molecule has 0 aliphatic carbocycles. The van der Waals surface area contributed by atoms with Gasteiger partial charge in [0.05, 0.1) is 17.8 Å². The minimum absolute atomic E-state index is 0.00710. The summed E-state index contributed by atoms with van der Waals surface area (Å²) in [5.41, 5.74) is 9.53. The average molecular weight is 468 g/mol. The molecule has 6 heteroatoms. The standard InChI is InChI=1S/C28H29N5S/c1-18-10-11-19(2)25(14-18)33-20(3)15-23(21(33)4)27-26(24-9-5-6-13-30-24)31-28(34)32(27)17-22-8-7-12-29-16-22/h5-16,26-27H,17H2,1-4H3,(H,31,34)/t26-,27-/m0/s1. The number of hydrogen-bond donors (Lipinski definition) is 1. The van der Waals surface area contributed by atoms with Gasteiger partial charge in [0.1, 0.15) is 0 Å². The van der Waals surface area contributed by atoms with E-state index >= 15 is 0 Å². The lowest BCUT2D eigenvalue weighted by atomic mass is 9.96. The Morgan fingerprint density at radius 1 is 0.971 bits per heavy atom. The minimum Gasteiger partial charge on any atom is -0.352 e. The van der Waals surface area contributed by atoms with Gasteiger partial charge in [-0.3, -0.25) is 9.97 Å². The summed E-state index contributed by atoms with van der Waals surface area (Å²) in [5, 5.41) is 4.31. The molecule has 4 heterocycles. The van der Waals surface area contributed by atoms with Crippen LogP contribution in [0.25, 0.3) is 5.69 Å². The van der Waals surface area contributed by atoms with Crippen LogP contribution >= 0.6 is 12.2 Å². The summed E-state index contributed by atoms with van der Waals surface area (Å²) in [6.07, 6.45) is 5.56. The van der Waals surface area contributed by atoms with Gasteiger partial charge in [-0.15, -0.1) is 0 Å². The highest BCUT2D eigenvalue weighted by molar-refractivity contribution is 7.80. The largest absolute Gasteiger partial charge is 0.352 e. The summed E-state index contributed by atoms with van der Waals surface area (Å²) < 4.78 is 2.37. The third-order valence-corrected chi connectivity index (χ3v) is 7.02. The number of nitrogens with zero attached hydrogens (tertiary/aromatic N) is 4. The van der Waals surface area contributed by atoms with Gasteiger partial charge in [-0.25, -0.2) is 0 Å². The zero-order valence-electron chi connectivity index (χ0n) is 20.0. The van der Waals surface area contributed by atoms with E-state index in [1.807, 2.05) is 30.6 Å². The van der Waals surface area contributed by atoms with Crippen LogP contribution in [-0.4, -0.2) is 24.5 Å². The Hall–Kier alpha value is -3.51. The van der Waals surface area contributed by atoms with Crippen LogP contribution in [0.5, 0.6) is 0 Å². The first-order valence-electron chi connectivity index (χ1n) is 11.6. The first-order valence-corrected chi connectivity index (χ1v) is 12.0. The lowest BCUT2D eigenvalue weighted by Gasteiger charge is -2.28. The molecule has 0 amide bonds. The Morgan fingerprint density at radius 3 is 2.56 bits per heavy atom. The highest BCUT2D eigenvalue weighted by Crippen LogP contribution is 2.42. The van der Waals surface area contributed by atoms with Crippen molar-refractivity contribution < 1.29 is 0 Å². The van der Waals surface area contributed by atoms with Crippen LogP contribution in [0.1, 0.15) is 51.4 Å². The van der Waals surface area contributed by atoms with Gasteiger partial charge in [-0.1, -0.05) is 24.3 Å². The van der Waals surface area contributed by atoms with Crippen LogP contribution in [0.4, 0.5) is 0 Å². The highest BCUT2D eigenvalue weighted by atomic mass is 32.1. The molecule has 0 radical (unpaired) electrons. The SMILES string of the molecule is Cc1ccc(C)c(-n2c(C)cc([C@H]3[C@H](c4ccccn4)NC(=S)N3Cc3cccnc3)c2C)c1. The van der Waals surface area contributed by atoms with Crippen molar-refractivity contribution in [3.8, 4) is 5.69 Å². The van der Waals surface area contributed by atoms with Crippen molar-refractivity contribution in [2.24, 2.45) is 0 Å². The molecule has 5 rings (SSSR count). The van der Waals surface area contributed by atoms with Crippen molar-refractivity contribution in [2.45, 2.75) is 46.3 Å². The lowest BCUT2D eigenvalue weighted by Crippen LogP contribution is -2.29. The predicted molar refractivity (Wildman–Crippen MR) is 140 cm³/mol. The average Bonchev–Trinajstić information content (AvgIpc) is 3.31. The molecule has 1 aliphatic rings. The van der Waals surface area contributed by atoms with Crippen molar-refractivity contribution in [3.63, 3.8) is 0 Å². The molecule has 1 aromatic carbocycles. The Balaban J connectivity index is 1.64. The Kier molecular flexibility index (Phi) is 5.92. The number of aryl methyl sites for hydroxylation is 3. The van der Waals surface area contributed by atoms with E-state index in [0.29, 0.717) is 6.54 Å². The van der Waals surface area contributed by atoms with Crippen LogP contribution in [0.15, 0.2) is 73.2 Å². The fourth-order valence-corrected chi connectivity index (χ4v) is 5.33. The third-order valence-electron chi connectivity index (χ3n) is 6.67. The molecule has 1 saturated heterocycles. The zero-order chi connectivity index (χ0) is 23.8. The monoisotopic (exact) mass is 467 g/mol. The molecule has 4 aromatic rings. The number of thiocarbonyl (C=S) groups is 1. The minimum atomic E-state index is -0.0436. The van der Waals surface area contributed by atoms with E-state index in [0.717, 1.165) is 16.4 Å². The maximum atomic E-state index is 5.87. The molecule has 34 heavy (non-hydrogen) atoms. The summed E-state index contributed by atoms with van der Waals surface area (Å²) >= 11 is 5.87. The fraction of sp³-hybridized carbons (Fsp3) is 0.250. The van der Waals surface area contributed by atoms with Crippen molar-refractivity contribution in [1.82, 2.24) is 24.8 Å². The van der Waals surface area contributed by atoms with Gasteiger partial charge in [-0.05, 0) is 92.5 Å². The van der Waals surface area contributed by atoms with E-state index in [4.69, 9.17) is 12.2 Å². The fourth-order valence-electron chi connectivity index (χ4n) is 5.02. The summed E-state index contributed by atoms with van der Waals surface area (Å²) in [6, 6.07) is 19.0. The number of aromatic nitrogens is 3. The van der Waals surface area contributed by atoms with Gasteiger partial charge in [0.15, 0.2) is 5.11 Å². The van der Waals surface area contributed by atoms with E-state index in [2.05, 4.69) is 88.8 Å². The summed E-state index contributed by atoms with van der Waals surface area (Å²) in [4.78, 5) is 11.3. The predicted octanol–water partition coefficient (Wildman–Crippen LogP) is 5.67. The van der Waals surface area contributed by atoms with Gasteiger partial charge in [0, 0.05) is 42.2 Å². The maximum Gasteiger partial charge on any atom is 0.170 e. The molecule has 1 fully saturated rings. The highest BCUT2D eigenvalue weighted by Gasteiger charge is 2.41. The van der Waals surface area contributed by atoms with E-state index < -0.39 is 0 Å². The van der Waals surface area contributed by atoms with Crippen molar-refractivity contribution >= 4 is 17.3 Å². The quantitative estimate of drug-likeness (QED) is 0.383. The van der Waals surface area contributed by atoms with E-state index in [1.54, 1.807) is 6.20 Å². The van der Waals surface area contributed by atoms with E-state index in [1.165, 1.54) is 33.8 Å². The summed E-state index contributed by atoms with van der Waals surface area (Å²) in [5.74, 6) is 0. The molecule has 0 saturated carbocycles. The topological polar surface area (TPSA) is 46.0 Å². The lowest BCUT2D eigenvalue weighted by molar-refractivity contribution is 0.310. The smallest absolute Gasteiger partial charge is 0.170 e. The molecule has 2 atom stereocenters. The van der Waals surface area contributed by atoms with Gasteiger partial charge >= 0.3 is 0 Å². The van der Waals surface area contributed by atoms with Gasteiger partial charge < -0.3 is 14.8 Å². The molecule has 1 N–H and O–H groups in total. The first-order chi connectivity index (χ1) is 16.4. The van der Waals surface area contributed by atoms with Crippen LogP contribution in [-0.2, 0) is 6.54 Å². The maximum absolute atomic E-state index is 5.87. The normalized spacial score (nSPS) is 17.8. The molecule has 0 unspecified atom stereocenters. The number of benzene rings is 1. The number of nitrogens with one attached hydrogen (secondary N) is 1. The molecule has 3 aromatic heterocycles. The van der Waals surface area contributed by atoms with Crippen molar-refractivity contribution in [3.05, 3.63) is 113 Å². The molecule has 172 valence electrons. The van der Waals surface area contributed by atoms with Crippen LogP contribution in [0.3, 0.4) is 0 Å². The van der Waals surface area contributed by atoms with Crippen LogP contribution < -0.4 is 5.32 Å². The molecule has 1 aliphatic heterocycles. The Morgan fingerprint density at radius 2 is 1.82 bits per heavy atom. The van der Waals surface area contributed by atoms with Crippen molar-refractivity contribution in [1.29, 1.82) is 0 Å². The molecular weight excluding hydrogens is 438 g/mol. The van der Waals surface area contributed by atoms with Gasteiger partial charge in [0.2, 0.25) is 0 Å². The van der Waals surface area contributed by atoms with Crippen LogP contribution in [0.2, 0.25) is 0 Å². The Labute approximate surface area is 206 Å². The summed E-state index contributed by atoms with van der Waals surface area (Å²) in [6.45, 7) is 9.39. The van der Waals surface area contributed by atoms with Crippen molar-refractivity contribution in [2.75, 3.05) is 0 Å². The zero-order valence-corrected chi connectivity index (χ0v) is 20.8. The van der Waals surface area contributed by atoms with Gasteiger partial charge in [0.25, 0.3) is 0 Å². The first kappa shape index (κ1) is 22.3. The number of pyridine rings is 2. The molecule has 5 nitrogen and oxygen atoms in total.